The number of carbonyl (C=O) groups excluding carboxylic acids is 2. The zero-order valence-corrected chi connectivity index (χ0v) is 13.5. The minimum Gasteiger partial charge on any atom is -0.478 e. The Morgan fingerprint density at radius 2 is 2.00 bits per heavy atom. The molecule has 0 N–H and O–H groups in total. The molecule has 0 saturated heterocycles. The molecule has 0 saturated carbocycles. The summed E-state index contributed by atoms with van der Waals surface area (Å²) in [5.41, 5.74) is 0.451. The summed E-state index contributed by atoms with van der Waals surface area (Å²) in [6.45, 7) is 6.55. The van der Waals surface area contributed by atoms with Crippen molar-refractivity contribution in [3.8, 4) is 5.75 Å². The minimum atomic E-state index is -0.887. The largest absolute Gasteiger partial charge is 0.478 e. The van der Waals surface area contributed by atoms with E-state index in [1.54, 1.807) is 26.0 Å². The first-order chi connectivity index (χ1) is 10.8. The Kier molecular flexibility index (Phi) is 4.83. The van der Waals surface area contributed by atoms with Crippen LogP contribution in [0.15, 0.2) is 27.4 Å². The fraction of sp³-hybridized carbons (Fsp3) is 0.353. The molecule has 0 aliphatic carbocycles. The summed E-state index contributed by atoms with van der Waals surface area (Å²) < 4.78 is 15.6. The molecule has 23 heavy (non-hydrogen) atoms. The third-order valence-corrected chi connectivity index (χ3v) is 3.36. The lowest BCUT2D eigenvalue weighted by Gasteiger charge is -2.16. The van der Waals surface area contributed by atoms with E-state index in [1.807, 2.05) is 0 Å². The van der Waals surface area contributed by atoms with E-state index >= 15 is 0 Å². The number of benzene rings is 1. The number of hydrogen-bond acceptors (Lipinski definition) is 6. The number of carbonyl (C=O) groups is 2. The summed E-state index contributed by atoms with van der Waals surface area (Å²) in [5.74, 6) is -0.678. The maximum atomic E-state index is 12.0. The van der Waals surface area contributed by atoms with Crippen LogP contribution < -0.4 is 10.4 Å². The molecular formula is C17H18O6. The lowest BCUT2D eigenvalue weighted by molar-refractivity contribution is -0.150. The highest BCUT2D eigenvalue weighted by atomic mass is 16.6. The molecule has 6 heteroatoms. The molecule has 0 aliphatic heterocycles. The zero-order valence-electron chi connectivity index (χ0n) is 13.5. The molecule has 1 heterocycles. The molecule has 0 aliphatic rings. The number of rotatable bonds is 5. The average Bonchev–Trinajstić information content (AvgIpc) is 2.46. The lowest BCUT2D eigenvalue weighted by atomic mass is 10.0. The van der Waals surface area contributed by atoms with E-state index in [2.05, 4.69) is 0 Å². The Morgan fingerprint density at radius 1 is 1.30 bits per heavy atom. The number of ether oxygens (including phenoxy) is 2. The van der Waals surface area contributed by atoms with Crippen molar-refractivity contribution in [2.45, 2.75) is 33.8 Å². The van der Waals surface area contributed by atoms with Crippen LogP contribution in [0.5, 0.6) is 5.75 Å². The van der Waals surface area contributed by atoms with E-state index in [9.17, 15) is 14.4 Å². The Labute approximate surface area is 133 Å². The van der Waals surface area contributed by atoms with Gasteiger partial charge in [-0.25, -0.2) is 9.59 Å². The molecule has 2 rings (SSSR count). The van der Waals surface area contributed by atoms with Crippen molar-refractivity contribution < 1.29 is 23.5 Å². The molecule has 1 atom stereocenters. The number of esters is 1. The first kappa shape index (κ1) is 16.7. The fourth-order valence-electron chi connectivity index (χ4n) is 2.30. The van der Waals surface area contributed by atoms with Crippen LogP contribution in [0.1, 0.15) is 36.7 Å². The number of Topliss-reactive ketones (excluding diaryl/α,β-unsaturated/α-hetero) is 1. The van der Waals surface area contributed by atoms with Crippen LogP contribution in [0.4, 0.5) is 0 Å². The van der Waals surface area contributed by atoms with Crippen molar-refractivity contribution in [3.05, 3.63) is 39.7 Å². The van der Waals surface area contributed by atoms with E-state index in [0.29, 0.717) is 10.9 Å². The second-order valence-corrected chi connectivity index (χ2v) is 5.13. The number of aryl methyl sites for hydroxylation is 1. The highest BCUT2D eigenvalue weighted by molar-refractivity contribution is 6.07. The van der Waals surface area contributed by atoms with Gasteiger partial charge in [0.1, 0.15) is 11.3 Å². The average molecular weight is 318 g/mol. The van der Waals surface area contributed by atoms with Gasteiger partial charge in [-0.2, -0.15) is 0 Å². The topological polar surface area (TPSA) is 82.8 Å². The maximum absolute atomic E-state index is 12.0. The van der Waals surface area contributed by atoms with Crippen LogP contribution in [0, 0.1) is 6.92 Å². The van der Waals surface area contributed by atoms with Crippen molar-refractivity contribution in [2.24, 2.45) is 0 Å². The summed E-state index contributed by atoms with van der Waals surface area (Å²) >= 11 is 0. The molecule has 1 aromatic heterocycles. The van der Waals surface area contributed by atoms with Gasteiger partial charge in [0.15, 0.2) is 17.5 Å². The molecule has 1 aromatic carbocycles. The smallest absolute Gasteiger partial charge is 0.347 e. The monoisotopic (exact) mass is 318 g/mol. The van der Waals surface area contributed by atoms with Crippen molar-refractivity contribution in [1.82, 2.24) is 0 Å². The number of ketones is 1. The van der Waals surface area contributed by atoms with Gasteiger partial charge in [0.25, 0.3) is 0 Å². The number of fused-ring (bicyclic) bond motifs is 1. The van der Waals surface area contributed by atoms with Crippen LogP contribution in [0.3, 0.4) is 0 Å². The Morgan fingerprint density at radius 3 is 2.61 bits per heavy atom. The van der Waals surface area contributed by atoms with E-state index in [-0.39, 0.29) is 29.3 Å². The first-order valence-corrected chi connectivity index (χ1v) is 7.26. The Hall–Kier alpha value is -2.63. The number of hydrogen-bond donors (Lipinski definition) is 0. The van der Waals surface area contributed by atoms with Gasteiger partial charge >= 0.3 is 11.6 Å². The van der Waals surface area contributed by atoms with Crippen LogP contribution in [-0.4, -0.2) is 24.5 Å². The van der Waals surface area contributed by atoms with Gasteiger partial charge < -0.3 is 13.9 Å². The van der Waals surface area contributed by atoms with Gasteiger partial charge in [0.05, 0.1) is 6.61 Å². The maximum Gasteiger partial charge on any atom is 0.347 e. The quantitative estimate of drug-likeness (QED) is 0.479. The van der Waals surface area contributed by atoms with Crippen molar-refractivity contribution in [2.75, 3.05) is 6.61 Å². The van der Waals surface area contributed by atoms with E-state index < -0.39 is 17.7 Å². The highest BCUT2D eigenvalue weighted by Gasteiger charge is 2.22. The molecule has 0 unspecified atom stereocenters. The molecular weight excluding hydrogens is 300 g/mol. The highest BCUT2D eigenvalue weighted by Crippen LogP contribution is 2.30. The SMILES string of the molecule is CCOC(=O)[C@@H](C)Oc1ccc2c(C)cc(=O)oc2c1C(C)=O. The van der Waals surface area contributed by atoms with E-state index in [1.165, 1.54) is 19.9 Å². The summed E-state index contributed by atoms with van der Waals surface area (Å²) in [6.07, 6.45) is -0.887. The third kappa shape index (κ3) is 3.41. The molecule has 0 bridgehead atoms. The van der Waals surface area contributed by atoms with Crippen LogP contribution in [0.25, 0.3) is 11.0 Å². The predicted molar refractivity (Wildman–Crippen MR) is 83.9 cm³/mol. The molecule has 0 fully saturated rings. The summed E-state index contributed by atoms with van der Waals surface area (Å²) in [5, 5.41) is 0.644. The molecule has 6 nitrogen and oxygen atoms in total. The third-order valence-electron chi connectivity index (χ3n) is 3.36. The fourth-order valence-corrected chi connectivity index (χ4v) is 2.30. The normalized spacial score (nSPS) is 12.0. The second-order valence-electron chi connectivity index (χ2n) is 5.13. The Bertz CT molecular complexity index is 818. The van der Waals surface area contributed by atoms with Crippen molar-refractivity contribution in [1.29, 1.82) is 0 Å². The molecule has 0 amide bonds. The van der Waals surface area contributed by atoms with Gasteiger partial charge in [-0.15, -0.1) is 0 Å². The standard InChI is InChI=1S/C17H18O6/c1-5-21-17(20)11(4)22-13-7-6-12-9(2)8-14(19)23-16(12)15(13)10(3)18/h6-8,11H,5H2,1-4H3/t11-/m1/s1. The van der Waals surface area contributed by atoms with Gasteiger partial charge in [0.2, 0.25) is 0 Å². The predicted octanol–water partition coefficient (Wildman–Crippen LogP) is 2.63. The molecule has 0 radical (unpaired) electrons. The van der Waals surface area contributed by atoms with E-state index in [4.69, 9.17) is 13.9 Å². The van der Waals surface area contributed by atoms with Gasteiger partial charge in [0, 0.05) is 11.5 Å². The van der Waals surface area contributed by atoms with Gasteiger partial charge in [-0.1, -0.05) is 0 Å². The van der Waals surface area contributed by atoms with Crippen LogP contribution in [0.2, 0.25) is 0 Å². The van der Waals surface area contributed by atoms with Gasteiger partial charge in [-0.3, -0.25) is 4.79 Å². The van der Waals surface area contributed by atoms with Crippen molar-refractivity contribution in [3.63, 3.8) is 0 Å². The summed E-state index contributed by atoms with van der Waals surface area (Å²) in [6, 6.07) is 4.63. The van der Waals surface area contributed by atoms with Crippen LogP contribution in [-0.2, 0) is 9.53 Å². The Balaban J connectivity index is 2.57. The first-order valence-electron chi connectivity index (χ1n) is 7.26. The summed E-state index contributed by atoms with van der Waals surface area (Å²) in [7, 11) is 0. The van der Waals surface area contributed by atoms with Crippen LogP contribution >= 0.6 is 0 Å². The molecule has 2 aromatic rings. The minimum absolute atomic E-state index is 0.138. The second kappa shape index (κ2) is 6.64. The molecule has 0 spiro atoms. The van der Waals surface area contributed by atoms with Crippen molar-refractivity contribution >= 4 is 22.7 Å². The lowest BCUT2D eigenvalue weighted by Crippen LogP contribution is -2.26. The summed E-state index contributed by atoms with van der Waals surface area (Å²) in [4.78, 5) is 35.3. The van der Waals surface area contributed by atoms with E-state index in [0.717, 1.165) is 0 Å². The molecule has 122 valence electrons. The van der Waals surface area contributed by atoms with Gasteiger partial charge in [-0.05, 0) is 45.4 Å². The zero-order chi connectivity index (χ0) is 17.1.